The van der Waals surface area contributed by atoms with E-state index in [1.807, 2.05) is 66.4 Å². The Labute approximate surface area is 198 Å². The largest absolute Gasteiger partial charge is 0.483 e. The lowest BCUT2D eigenvalue weighted by molar-refractivity contribution is -0.118. The number of halogens is 1. The van der Waals surface area contributed by atoms with Crippen LogP contribution in [0.2, 0.25) is 5.02 Å². The second-order valence-electron chi connectivity index (χ2n) is 7.91. The van der Waals surface area contributed by atoms with Crippen molar-refractivity contribution in [2.75, 3.05) is 43.0 Å². The minimum atomic E-state index is -0.241. The standard InChI is InChI=1S/C26H26ClN3O3/c1-19-17-21(27)11-12-24(19)33-18-25(31)28-22-9-5-6-10-23(22)29-13-15-30(16-14-29)26(32)20-7-3-2-4-8-20/h2-12,17H,13-16,18H2,1H3,(H,28,31). The Hall–Kier alpha value is -3.51. The Morgan fingerprint density at radius 1 is 0.939 bits per heavy atom. The number of carbonyl (C=O) groups is 2. The van der Waals surface area contributed by atoms with E-state index in [1.165, 1.54) is 0 Å². The Bertz CT molecular complexity index is 1130. The third-order valence-electron chi connectivity index (χ3n) is 5.60. The Morgan fingerprint density at radius 3 is 2.36 bits per heavy atom. The first-order valence-corrected chi connectivity index (χ1v) is 11.3. The molecule has 170 valence electrons. The third-order valence-corrected chi connectivity index (χ3v) is 5.84. The van der Waals surface area contributed by atoms with Crippen LogP contribution in [0.5, 0.6) is 5.75 Å². The van der Waals surface area contributed by atoms with Gasteiger partial charge in [0.25, 0.3) is 11.8 Å². The summed E-state index contributed by atoms with van der Waals surface area (Å²) < 4.78 is 5.67. The van der Waals surface area contributed by atoms with Crippen molar-refractivity contribution < 1.29 is 14.3 Å². The van der Waals surface area contributed by atoms with E-state index in [0.717, 1.165) is 16.9 Å². The Morgan fingerprint density at radius 2 is 1.64 bits per heavy atom. The second kappa shape index (κ2) is 10.4. The molecule has 2 amide bonds. The average molecular weight is 464 g/mol. The Kier molecular flexibility index (Phi) is 7.15. The van der Waals surface area contributed by atoms with Gasteiger partial charge in [-0.1, -0.05) is 41.9 Å². The van der Waals surface area contributed by atoms with E-state index >= 15 is 0 Å². The molecule has 1 saturated heterocycles. The Balaban J connectivity index is 1.35. The smallest absolute Gasteiger partial charge is 0.262 e. The molecule has 0 aromatic heterocycles. The van der Waals surface area contributed by atoms with Gasteiger partial charge in [-0.15, -0.1) is 0 Å². The third kappa shape index (κ3) is 5.65. The number of benzene rings is 3. The van der Waals surface area contributed by atoms with Gasteiger partial charge < -0.3 is 19.9 Å². The van der Waals surface area contributed by atoms with Gasteiger partial charge in [-0.3, -0.25) is 9.59 Å². The summed E-state index contributed by atoms with van der Waals surface area (Å²) >= 11 is 5.97. The van der Waals surface area contributed by atoms with Crippen LogP contribution in [0.1, 0.15) is 15.9 Å². The molecule has 3 aromatic rings. The molecule has 6 nitrogen and oxygen atoms in total. The first-order chi connectivity index (χ1) is 16.0. The summed E-state index contributed by atoms with van der Waals surface area (Å²) in [5.41, 5.74) is 3.23. The number of aryl methyl sites for hydroxylation is 1. The number of hydrogen-bond donors (Lipinski definition) is 1. The molecule has 4 rings (SSSR count). The molecule has 0 radical (unpaired) electrons. The van der Waals surface area contributed by atoms with E-state index < -0.39 is 0 Å². The molecule has 0 saturated carbocycles. The highest BCUT2D eigenvalue weighted by molar-refractivity contribution is 6.30. The number of nitrogens with one attached hydrogen (secondary N) is 1. The van der Waals surface area contributed by atoms with E-state index in [0.29, 0.717) is 42.5 Å². The van der Waals surface area contributed by atoms with Gasteiger partial charge in [0.15, 0.2) is 6.61 Å². The minimum absolute atomic E-state index is 0.0477. The number of carbonyl (C=O) groups excluding carboxylic acids is 2. The lowest BCUT2D eigenvalue weighted by atomic mass is 10.1. The molecule has 7 heteroatoms. The fourth-order valence-electron chi connectivity index (χ4n) is 3.87. The van der Waals surface area contributed by atoms with Crippen LogP contribution >= 0.6 is 11.6 Å². The number of ether oxygens (including phenoxy) is 1. The molecule has 3 aromatic carbocycles. The molecule has 0 unspecified atom stereocenters. The van der Waals surface area contributed by atoms with Crippen LogP contribution in [0, 0.1) is 6.92 Å². The van der Waals surface area contributed by atoms with Crippen LogP contribution in [0.4, 0.5) is 11.4 Å². The summed E-state index contributed by atoms with van der Waals surface area (Å²) in [4.78, 5) is 29.3. The normalized spacial score (nSPS) is 13.5. The number of para-hydroxylation sites is 2. The monoisotopic (exact) mass is 463 g/mol. The number of rotatable bonds is 6. The van der Waals surface area contributed by atoms with Gasteiger partial charge in [-0.05, 0) is 55.0 Å². The predicted molar refractivity (Wildman–Crippen MR) is 131 cm³/mol. The molecular weight excluding hydrogens is 438 g/mol. The van der Waals surface area contributed by atoms with Gasteiger partial charge in [0.1, 0.15) is 5.75 Å². The fraction of sp³-hybridized carbons (Fsp3) is 0.231. The van der Waals surface area contributed by atoms with Gasteiger partial charge in [0, 0.05) is 36.8 Å². The molecule has 0 bridgehead atoms. The van der Waals surface area contributed by atoms with E-state index in [4.69, 9.17) is 16.3 Å². The summed E-state index contributed by atoms with van der Waals surface area (Å²) in [5, 5.41) is 3.59. The van der Waals surface area contributed by atoms with Crippen molar-refractivity contribution in [3.8, 4) is 5.75 Å². The molecule has 33 heavy (non-hydrogen) atoms. The maximum absolute atomic E-state index is 12.7. The topological polar surface area (TPSA) is 61.9 Å². The molecule has 1 heterocycles. The van der Waals surface area contributed by atoms with Gasteiger partial charge in [0.2, 0.25) is 0 Å². The summed E-state index contributed by atoms with van der Waals surface area (Å²) in [5.74, 6) is 0.434. The lowest BCUT2D eigenvalue weighted by Gasteiger charge is -2.37. The lowest BCUT2D eigenvalue weighted by Crippen LogP contribution is -2.49. The van der Waals surface area contributed by atoms with E-state index in [1.54, 1.807) is 18.2 Å². The van der Waals surface area contributed by atoms with Crippen LogP contribution < -0.4 is 15.0 Å². The minimum Gasteiger partial charge on any atom is -0.483 e. The first kappa shape index (κ1) is 22.7. The molecule has 1 N–H and O–H groups in total. The number of amides is 2. The highest BCUT2D eigenvalue weighted by atomic mass is 35.5. The van der Waals surface area contributed by atoms with Crippen molar-refractivity contribution >= 4 is 34.8 Å². The van der Waals surface area contributed by atoms with Gasteiger partial charge in [0.05, 0.1) is 11.4 Å². The predicted octanol–water partition coefficient (Wildman–Crippen LogP) is 4.63. The van der Waals surface area contributed by atoms with Crippen molar-refractivity contribution in [3.05, 3.63) is 88.9 Å². The molecular formula is C26H26ClN3O3. The van der Waals surface area contributed by atoms with Gasteiger partial charge in [-0.2, -0.15) is 0 Å². The summed E-state index contributed by atoms with van der Waals surface area (Å²) in [6.45, 7) is 4.40. The highest BCUT2D eigenvalue weighted by Gasteiger charge is 2.23. The quantitative estimate of drug-likeness (QED) is 0.579. The van der Waals surface area contributed by atoms with E-state index in [2.05, 4.69) is 10.2 Å². The molecule has 1 fully saturated rings. The van der Waals surface area contributed by atoms with Crippen LogP contribution in [0.25, 0.3) is 0 Å². The molecule has 1 aliphatic heterocycles. The first-order valence-electron chi connectivity index (χ1n) is 10.9. The van der Waals surface area contributed by atoms with E-state index in [9.17, 15) is 9.59 Å². The maximum atomic E-state index is 12.7. The fourth-order valence-corrected chi connectivity index (χ4v) is 4.10. The second-order valence-corrected chi connectivity index (χ2v) is 8.35. The molecule has 0 spiro atoms. The van der Waals surface area contributed by atoms with Crippen LogP contribution in [0.15, 0.2) is 72.8 Å². The summed E-state index contributed by atoms with van der Waals surface area (Å²) in [7, 11) is 0. The zero-order chi connectivity index (χ0) is 23.2. The highest BCUT2D eigenvalue weighted by Crippen LogP contribution is 2.27. The number of hydrogen-bond acceptors (Lipinski definition) is 4. The zero-order valence-electron chi connectivity index (χ0n) is 18.5. The summed E-state index contributed by atoms with van der Waals surface area (Å²) in [6.07, 6.45) is 0. The van der Waals surface area contributed by atoms with Crippen LogP contribution in [-0.2, 0) is 4.79 Å². The van der Waals surface area contributed by atoms with Crippen molar-refractivity contribution in [2.24, 2.45) is 0 Å². The molecule has 1 aliphatic rings. The van der Waals surface area contributed by atoms with Gasteiger partial charge >= 0.3 is 0 Å². The average Bonchev–Trinajstić information content (AvgIpc) is 2.84. The van der Waals surface area contributed by atoms with Crippen LogP contribution in [0.3, 0.4) is 0 Å². The van der Waals surface area contributed by atoms with Crippen molar-refractivity contribution in [1.29, 1.82) is 0 Å². The van der Waals surface area contributed by atoms with Crippen LogP contribution in [-0.4, -0.2) is 49.5 Å². The van der Waals surface area contributed by atoms with Crippen molar-refractivity contribution in [1.82, 2.24) is 4.90 Å². The van der Waals surface area contributed by atoms with Gasteiger partial charge in [-0.25, -0.2) is 0 Å². The zero-order valence-corrected chi connectivity index (χ0v) is 19.2. The SMILES string of the molecule is Cc1cc(Cl)ccc1OCC(=O)Nc1ccccc1N1CCN(C(=O)c2ccccc2)CC1. The van der Waals surface area contributed by atoms with Crippen molar-refractivity contribution in [3.63, 3.8) is 0 Å². The maximum Gasteiger partial charge on any atom is 0.262 e. The summed E-state index contributed by atoms with van der Waals surface area (Å²) in [6, 6.07) is 22.3. The number of nitrogens with zero attached hydrogens (tertiary/aromatic N) is 2. The van der Waals surface area contributed by atoms with E-state index in [-0.39, 0.29) is 18.4 Å². The van der Waals surface area contributed by atoms with Crippen molar-refractivity contribution in [2.45, 2.75) is 6.92 Å². The number of anilines is 2. The number of piperazine rings is 1. The molecule has 0 aliphatic carbocycles. The molecule has 0 atom stereocenters.